The molecule has 3 heterocycles. The second-order valence-electron chi connectivity index (χ2n) is 29.5. The zero-order valence-corrected chi connectivity index (χ0v) is 66.3. The van der Waals surface area contributed by atoms with E-state index in [2.05, 4.69) is 212 Å². The lowest BCUT2D eigenvalue weighted by atomic mass is 9.90. The minimum absolute atomic E-state index is 0.216. The van der Waals surface area contributed by atoms with E-state index in [9.17, 15) is 0 Å². The maximum absolute atomic E-state index is 8.12. The van der Waals surface area contributed by atoms with Crippen LogP contribution in [0.25, 0.3) is 0 Å². The fourth-order valence-electron chi connectivity index (χ4n) is 15.8. The van der Waals surface area contributed by atoms with E-state index in [-0.39, 0.29) is 59.5 Å². The van der Waals surface area contributed by atoms with Gasteiger partial charge in [-0.25, -0.2) is 0 Å². The molecule has 3 aliphatic rings. The van der Waals surface area contributed by atoms with E-state index in [1.807, 2.05) is 176 Å². The Morgan fingerprint density at radius 3 is 0.655 bits per heavy atom. The van der Waals surface area contributed by atoms with Crippen LogP contribution in [-0.4, -0.2) is 105 Å². The summed E-state index contributed by atoms with van der Waals surface area (Å²) in [6.07, 6.45) is -3.06. The molecule has 0 spiro atoms. The van der Waals surface area contributed by atoms with Crippen LogP contribution in [0.2, 0.25) is 0 Å². The molecule has 0 amide bonds. The normalized spacial score (nSPS) is 23.6. The SMILES string of the molecule is CO[C@H]1O[C@H](/C=C/[C@@H]2O[C@H](C=C[C@@H]3O[C@H](C[P+](c4ccccc4)(c4ccccc4)c4ccccc4)[C@H](OCc4ccccc4)[C@H](OCc4ccccc4)[C@H]3OCc3ccccc3)[C@H](OCc3ccccc3)[C@H](OCc3ccccc3)[C@H]2OCc2ccccc2)[C@H](OCc2ccccc2)[C@H](OCc2ccccc2)[C@H]1OCc1ccccc1. The van der Waals surface area contributed by atoms with Crippen LogP contribution >= 0.6 is 7.26 Å². The molecule has 0 radical (unpaired) electrons. The van der Waals surface area contributed by atoms with Gasteiger partial charge in [0, 0.05) is 7.11 Å². The van der Waals surface area contributed by atoms with E-state index >= 15 is 0 Å². The second-order valence-corrected chi connectivity index (χ2v) is 33.1. The zero-order chi connectivity index (χ0) is 78.6. The second kappa shape index (κ2) is 42.2. The predicted molar refractivity (Wildman–Crippen MR) is 456 cm³/mol. The third kappa shape index (κ3) is 21.6. The van der Waals surface area contributed by atoms with Crippen molar-refractivity contribution in [3.05, 3.63) is 438 Å². The summed E-state index contributed by atoms with van der Waals surface area (Å²) in [4.78, 5) is 0. The molecule has 15 rings (SSSR count). The van der Waals surface area contributed by atoms with Crippen molar-refractivity contribution < 1.29 is 61.6 Å². The van der Waals surface area contributed by atoms with E-state index in [1.54, 1.807) is 7.11 Å². The Bertz CT molecular complexity index is 4730. The van der Waals surface area contributed by atoms with Crippen molar-refractivity contribution in [2.24, 2.45) is 0 Å². The Balaban J connectivity index is 0.883. The van der Waals surface area contributed by atoms with Crippen LogP contribution < -0.4 is 15.9 Å². The summed E-state index contributed by atoms with van der Waals surface area (Å²) in [5.74, 6) is 0. The van der Waals surface area contributed by atoms with Gasteiger partial charge in [-0.2, -0.15) is 0 Å². The Morgan fingerprint density at radius 1 is 0.216 bits per heavy atom. The number of ether oxygens (including phenoxy) is 13. The Hall–Kier alpha value is -9.97. The highest BCUT2D eigenvalue weighted by atomic mass is 31.2. The molecule has 12 aromatic carbocycles. The molecule has 0 aromatic heterocycles. The first-order valence-electron chi connectivity index (χ1n) is 40.3. The summed E-state index contributed by atoms with van der Waals surface area (Å²) >= 11 is 0. The topological polar surface area (TPSA) is 120 Å². The summed E-state index contributed by atoms with van der Waals surface area (Å²) in [5, 5.41) is 3.61. The molecule has 3 saturated heterocycles. The van der Waals surface area contributed by atoms with Crippen LogP contribution in [0, 0.1) is 0 Å². The Kier molecular flexibility index (Phi) is 29.6. The zero-order valence-electron chi connectivity index (χ0n) is 65.4. The third-order valence-electron chi connectivity index (χ3n) is 21.6. The van der Waals surface area contributed by atoms with E-state index < -0.39 is 99.0 Å². The van der Waals surface area contributed by atoms with Crippen LogP contribution in [-0.2, 0) is 121 Å². The molecule has 0 aliphatic carbocycles. The largest absolute Gasteiger partial charge is 0.368 e. The first-order chi connectivity index (χ1) is 57.5. The van der Waals surface area contributed by atoms with Crippen molar-refractivity contribution in [1.29, 1.82) is 0 Å². The predicted octanol–water partition coefficient (Wildman–Crippen LogP) is 18.3. The van der Waals surface area contributed by atoms with Crippen LogP contribution in [0.15, 0.2) is 388 Å². The Morgan fingerprint density at radius 2 is 0.405 bits per heavy atom. The molecule has 0 N–H and O–H groups in total. The van der Waals surface area contributed by atoms with Gasteiger partial charge in [0.25, 0.3) is 0 Å². The average Bonchev–Trinajstić information content (AvgIpc) is 0.739. The maximum atomic E-state index is 8.12. The molecule has 15 atom stereocenters. The van der Waals surface area contributed by atoms with Crippen LogP contribution in [0.3, 0.4) is 0 Å². The van der Waals surface area contributed by atoms with Crippen molar-refractivity contribution in [3.8, 4) is 0 Å². The van der Waals surface area contributed by atoms with Crippen molar-refractivity contribution in [1.82, 2.24) is 0 Å². The molecule has 3 fully saturated rings. The highest BCUT2D eigenvalue weighted by molar-refractivity contribution is 7.95. The Labute approximate surface area is 683 Å². The quantitative estimate of drug-likeness (QED) is 0.0272. The number of hydrogen-bond acceptors (Lipinski definition) is 13. The van der Waals surface area contributed by atoms with Crippen LogP contribution in [0.1, 0.15) is 50.1 Å². The minimum atomic E-state index is -2.69. The summed E-state index contributed by atoms with van der Waals surface area (Å²) < 4.78 is 95.9. The molecule has 13 nitrogen and oxygen atoms in total. The molecule has 116 heavy (non-hydrogen) atoms. The van der Waals surface area contributed by atoms with Crippen LogP contribution in [0.4, 0.5) is 0 Å². The van der Waals surface area contributed by atoms with Gasteiger partial charge in [0.05, 0.1) is 59.5 Å². The van der Waals surface area contributed by atoms with Gasteiger partial charge in [-0.3, -0.25) is 0 Å². The summed E-state index contributed by atoms with van der Waals surface area (Å²) in [6.45, 7) is 2.20. The van der Waals surface area contributed by atoms with Crippen molar-refractivity contribution in [2.45, 2.75) is 151 Å². The van der Waals surface area contributed by atoms with Crippen molar-refractivity contribution in [2.75, 3.05) is 13.3 Å². The van der Waals surface area contributed by atoms with Gasteiger partial charge in [-0.15, -0.1) is 0 Å². The summed E-state index contributed by atoms with van der Waals surface area (Å²) in [5.41, 5.74) is 8.85. The van der Waals surface area contributed by atoms with E-state index in [4.69, 9.17) is 61.6 Å². The number of hydrogen-bond donors (Lipinski definition) is 0. The minimum Gasteiger partial charge on any atom is -0.368 e. The fraction of sp³-hybridized carbons (Fsp3) is 0.255. The van der Waals surface area contributed by atoms with Crippen molar-refractivity contribution >= 4 is 23.2 Å². The first-order valence-corrected chi connectivity index (χ1v) is 42.3. The molecule has 14 heteroatoms. The fourth-order valence-corrected chi connectivity index (χ4v) is 20.2. The van der Waals surface area contributed by atoms with Gasteiger partial charge < -0.3 is 61.6 Å². The van der Waals surface area contributed by atoms with E-state index in [1.165, 1.54) is 15.9 Å². The smallest absolute Gasteiger partial charge is 0.186 e. The lowest BCUT2D eigenvalue weighted by Crippen LogP contribution is -2.62. The maximum Gasteiger partial charge on any atom is 0.186 e. The molecule has 0 saturated carbocycles. The first kappa shape index (κ1) is 81.2. The highest BCUT2D eigenvalue weighted by Crippen LogP contribution is 2.57. The molecule has 0 bridgehead atoms. The summed E-state index contributed by atoms with van der Waals surface area (Å²) in [7, 11) is -1.05. The molecule has 0 unspecified atom stereocenters. The lowest BCUT2D eigenvalue weighted by molar-refractivity contribution is -0.309. The van der Waals surface area contributed by atoms with Crippen molar-refractivity contribution in [3.63, 3.8) is 0 Å². The van der Waals surface area contributed by atoms with Crippen LogP contribution in [0.5, 0.6) is 0 Å². The monoisotopic (exact) mass is 1570 g/mol. The number of benzene rings is 12. The third-order valence-corrected chi connectivity index (χ3v) is 26.1. The molecule has 592 valence electrons. The molecular formula is C102H102O13P+. The van der Waals surface area contributed by atoms with Gasteiger partial charge >= 0.3 is 0 Å². The molecular weight excluding hydrogens is 1460 g/mol. The molecule has 3 aliphatic heterocycles. The van der Waals surface area contributed by atoms with E-state index in [0.717, 1.165) is 50.1 Å². The summed E-state index contributed by atoms with van der Waals surface area (Å²) in [6, 6.07) is 125. The van der Waals surface area contributed by atoms with Gasteiger partial charge in [0.2, 0.25) is 0 Å². The lowest BCUT2D eigenvalue weighted by Gasteiger charge is -2.47. The average molecular weight is 1570 g/mol. The highest BCUT2D eigenvalue weighted by Gasteiger charge is 2.56. The van der Waals surface area contributed by atoms with Gasteiger partial charge in [0.1, 0.15) is 115 Å². The number of rotatable bonds is 37. The van der Waals surface area contributed by atoms with Gasteiger partial charge in [-0.1, -0.05) is 352 Å². The van der Waals surface area contributed by atoms with Gasteiger partial charge in [-0.05, 0) is 86.5 Å². The van der Waals surface area contributed by atoms with E-state index in [0.29, 0.717) is 6.16 Å². The number of methoxy groups -OCH3 is 1. The standard InChI is InChI=1S/C102H102O13P/c1-103-102-101(112-74-84-54-30-10-31-55-84)100(111-73-83-52-28-9-29-53-83)96(107-69-79-44-20-5-21-45-79)91(115-102)65-64-89-94(105-67-77-40-16-3-17-41-77)98(109-71-81-48-24-7-25-49-81)93(104-66-76-38-14-2-15-39-76)88(113-89)62-63-90-95(106-68-78-42-18-4-19-43-78)99(110-72-82-50-26-8-27-51-82)97(108-70-80-46-22-6-23-47-80)92(114-90)75-116(85-56-32-11-33-57-85,86-58-34-12-35-59-86)87-60-36-13-37-61-87/h2-65,88-102H,66-75H2,1H3/q+1/b63-62?,65-64+/t88-,89+,90+,91-,92-,93+,94+,95+,96+,97+,98+,99-,100+,101-,102+/m1/s1. The molecule has 12 aromatic rings. The van der Waals surface area contributed by atoms with Gasteiger partial charge in [0.15, 0.2) is 6.29 Å².